The van der Waals surface area contributed by atoms with Crippen molar-refractivity contribution in [2.45, 2.75) is 27.3 Å². The second-order valence-corrected chi connectivity index (χ2v) is 6.21. The highest BCUT2D eigenvalue weighted by atomic mass is 16.5. The first-order chi connectivity index (χ1) is 13.5. The van der Waals surface area contributed by atoms with Gasteiger partial charge < -0.3 is 14.0 Å². The fourth-order valence-electron chi connectivity index (χ4n) is 3.13. The average molecular weight is 377 g/mol. The van der Waals surface area contributed by atoms with Crippen molar-refractivity contribution in [2.24, 2.45) is 0 Å². The molecule has 0 fully saturated rings. The Morgan fingerprint density at radius 1 is 1.25 bits per heavy atom. The smallest absolute Gasteiger partial charge is 0.360 e. The van der Waals surface area contributed by atoms with E-state index in [4.69, 9.17) is 9.47 Å². The van der Waals surface area contributed by atoms with Crippen LogP contribution >= 0.6 is 0 Å². The molecule has 0 unspecified atom stereocenters. The van der Waals surface area contributed by atoms with Crippen LogP contribution in [0.3, 0.4) is 0 Å². The van der Waals surface area contributed by atoms with Crippen molar-refractivity contribution in [3.63, 3.8) is 0 Å². The van der Waals surface area contributed by atoms with E-state index < -0.39 is 11.9 Å². The summed E-state index contributed by atoms with van der Waals surface area (Å²) in [7, 11) is 0. The molecule has 0 spiro atoms. The number of hydrogen-bond acceptors (Lipinski definition) is 6. The molecule has 0 aliphatic carbocycles. The van der Waals surface area contributed by atoms with Gasteiger partial charge >= 0.3 is 11.9 Å². The first kappa shape index (κ1) is 19.1. The van der Waals surface area contributed by atoms with Crippen LogP contribution in [0.15, 0.2) is 36.5 Å². The minimum atomic E-state index is -0.743. The summed E-state index contributed by atoms with van der Waals surface area (Å²) in [6.45, 7) is 5.37. The maximum Gasteiger partial charge on any atom is 0.360 e. The molecule has 0 saturated carbocycles. The molecule has 2 aromatic heterocycles. The molecule has 7 heteroatoms. The predicted octanol–water partition coefficient (Wildman–Crippen LogP) is 3.37. The van der Waals surface area contributed by atoms with Crippen LogP contribution in [0, 0.1) is 18.3 Å². The van der Waals surface area contributed by atoms with Gasteiger partial charge in [-0.05, 0) is 25.0 Å². The van der Waals surface area contributed by atoms with Crippen LogP contribution in [0.1, 0.15) is 41.2 Å². The minimum Gasteiger partial charge on any atom is -0.461 e. The highest BCUT2D eigenvalue weighted by Crippen LogP contribution is 2.35. The molecule has 2 heterocycles. The van der Waals surface area contributed by atoms with Crippen LogP contribution in [-0.4, -0.2) is 28.1 Å². The zero-order chi connectivity index (χ0) is 20.3. The van der Waals surface area contributed by atoms with Crippen LogP contribution < -0.4 is 4.74 Å². The Kier molecular flexibility index (Phi) is 5.41. The maximum absolute atomic E-state index is 12.4. The number of pyridine rings is 1. The van der Waals surface area contributed by atoms with E-state index in [2.05, 4.69) is 4.98 Å². The van der Waals surface area contributed by atoms with Crippen LogP contribution in [0.25, 0.3) is 10.9 Å². The first-order valence-corrected chi connectivity index (χ1v) is 8.79. The van der Waals surface area contributed by atoms with Gasteiger partial charge in [-0.2, -0.15) is 5.26 Å². The van der Waals surface area contributed by atoms with Gasteiger partial charge in [0.25, 0.3) is 0 Å². The van der Waals surface area contributed by atoms with Crippen LogP contribution in [0.4, 0.5) is 0 Å². The number of carbonyl (C=O) groups excluding carboxylic acids is 2. The first-order valence-electron chi connectivity index (χ1n) is 8.79. The standard InChI is InChI=1S/C21H19N3O4/c1-4-27-21(26)18-20(28-14(3)25)17-13(2)11-24(19(17)16(10-22)23-18)12-15-8-6-5-7-9-15/h5-9,11H,4,12H2,1-3H3. The molecule has 0 saturated heterocycles. The lowest BCUT2D eigenvalue weighted by atomic mass is 10.1. The minimum absolute atomic E-state index is 0.0178. The topological polar surface area (TPSA) is 94.2 Å². The summed E-state index contributed by atoms with van der Waals surface area (Å²) in [5.74, 6) is -1.31. The highest BCUT2D eigenvalue weighted by molar-refractivity contribution is 6.03. The Morgan fingerprint density at radius 2 is 1.96 bits per heavy atom. The number of rotatable bonds is 5. The average Bonchev–Trinajstić information content (AvgIpc) is 2.99. The molecule has 0 radical (unpaired) electrons. The van der Waals surface area contributed by atoms with Gasteiger partial charge in [-0.25, -0.2) is 9.78 Å². The summed E-state index contributed by atoms with van der Waals surface area (Å²) < 4.78 is 12.2. The summed E-state index contributed by atoms with van der Waals surface area (Å²) in [5.41, 5.74) is 2.19. The lowest BCUT2D eigenvalue weighted by molar-refractivity contribution is -0.131. The Labute approximate surface area is 162 Å². The monoisotopic (exact) mass is 377 g/mol. The van der Waals surface area contributed by atoms with E-state index in [1.54, 1.807) is 6.92 Å². The van der Waals surface area contributed by atoms with Crippen molar-refractivity contribution in [1.82, 2.24) is 9.55 Å². The molecule has 3 rings (SSSR count). The fraction of sp³-hybridized carbons (Fsp3) is 0.238. The van der Waals surface area contributed by atoms with Gasteiger partial charge in [-0.15, -0.1) is 0 Å². The van der Waals surface area contributed by atoms with Crippen LogP contribution in [-0.2, 0) is 16.1 Å². The number of aromatic nitrogens is 2. The lowest BCUT2D eigenvalue weighted by Gasteiger charge is -2.12. The molecular formula is C21H19N3O4. The van der Waals surface area contributed by atoms with E-state index in [9.17, 15) is 14.9 Å². The Bertz CT molecular complexity index is 1090. The van der Waals surface area contributed by atoms with Crippen LogP contribution in [0.5, 0.6) is 5.75 Å². The van der Waals surface area contributed by atoms with Gasteiger partial charge in [-0.3, -0.25) is 4.79 Å². The Balaban J connectivity index is 2.29. The molecule has 3 aromatic rings. The lowest BCUT2D eigenvalue weighted by Crippen LogP contribution is -2.14. The maximum atomic E-state index is 12.4. The molecule has 28 heavy (non-hydrogen) atoms. The van der Waals surface area contributed by atoms with Crippen molar-refractivity contribution < 1.29 is 19.1 Å². The summed E-state index contributed by atoms with van der Waals surface area (Å²) in [4.78, 5) is 28.2. The number of benzene rings is 1. The fourth-order valence-corrected chi connectivity index (χ4v) is 3.13. The van der Waals surface area contributed by atoms with Crippen molar-refractivity contribution >= 4 is 22.8 Å². The number of aryl methyl sites for hydroxylation is 1. The van der Waals surface area contributed by atoms with Gasteiger partial charge in [0.1, 0.15) is 6.07 Å². The summed E-state index contributed by atoms with van der Waals surface area (Å²) in [6.07, 6.45) is 1.85. The van der Waals surface area contributed by atoms with Gasteiger partial charge in [-0.1, -0.05) is 30.3 Å². The second-order valence-electron chi connectivity index (χ2n) is 6.21. The van der Waals surface area contributed by atoms with Gasteiger partial charge in [0.15, 0.2) is 17.1 Å². The molecule has 7 nitrogen and oxygen atoms in total. The molecule has 0 N–H and O–H groups in total. The summed E-state index contributed by atoms with van der Waals surface area (Å²) in [5, 5.41) is 10.2. The SMILES string of the molecule is CCOC(=O)c1nc(C#N)c2c(c(C)cn2Cc2ccccc2)c1OC(C)=O. The predicted molar refractivity (Wildman–Crippen MR) is 102 cm³/mol. The Morgan fingerprint density at radius 3 is 2.57 bits per heavy atom. The van der Waals surface area contributed by atoms with Crippen molar-refractivity contribution in [3.05, 3.63) is 59.0 Å². The molecule has 0 amide bonds. The number of nitriles is 1. The second kappa shape index (κ2) is 7.92. The number of hydrogen-bond donors (Lipinski definition) is 0. The molecule has 142 valence electrons. The number of nitrogens with zero attached hydrogens (tertiary/aromatic N) is 3. The van der Waals surface area contributed by atoms with E-state index in [0.717, 1.165) is 11.1 Å². The third kappa shape index (κ3) is 3.58. The largest absolute Gasteiger partial charge is 0.461 e. The zero-order valence-corrected chi connectivity index (χ0v) is 15.9. The van der Waals surface area contributed by atoms with Gasteiger partial charge in [0, 0.05) is 19.7 Å². The highest BCUT2D eigenvalue weighted by Gasteiger charge is 2.26. The molecule has 0 aliphatic rings. The third-order valence-corrected chi connectivity index (χ3v) is 4.17. The molecule has 0 aliphatic heterocycles. The summed E-state index contributed by atoms with van der Waals surface area (Å²) >= 11 is 0. The number of esters is 2. The molecule has 0 bridgehead atoms. The quantitative estimate of drug-likeness (QED) is 0.633. The van der Waals surface area contributed by atoms with Crippen molar-refractivity contribution in [1.29, 1.82) is 5.26 Å². The van der Waals surface area contributed by atoms with E-state index in [1.165, 1.54) is 6.92 Å². The van der Waals surface area contributed by atoms with Crippen LogP contribution in [0.2, 0.25) is 0 Å². The molecule has 0 atom stereocenters. The van der Waals surface area contributed by atoms with E-state index in [0.29, 0.717) is 17.4 Å². The Hall–Kier alpha value is -3.66. The number of fused-ring (bicyclic) bond motifs is 1. The summed E-state index contributed by atoms with van der Waals surface area (Å²) in [6, 6.07) is 11.8. The van der Waals surface area contributed by atoms with Gasteiger partial charge in [0.05, 0.1) is 17.5 Å². The number of ether oxygens (including phenoxy) is 2. The van der Waals surface area contributed by atoms with Crippen molar-refractivity contribution in [3.8, 4) is 11.8 Å². The third-order valence-electron chi connectivity index (χ3n) is 4.17. The van der Waals surface area contributed by atoms with E-state index in [-0.39, 0.29) is 23.7 Å². The van der Waals surface area contributed by atoms with Gasteiger partial charge in [0.2, 0.25) is 0 Å². The number of carbonyl (C=O) groups is 2. The molecular weight excluding hydrogens is 358 g/mol. The van der Waals surface area contributed by atoms with Crippen molar-refractivity contribution in [2.75, 3.05) is 6.61 Å². The zero-order valence-electron chi connectivity index (χ0n) is 15.9. The molecule has 1 aromatic carbocycles. The van der Waals surface area contributed by atoms with E-state index in [1.807, 2.05) is 54.1 Å². The van der Waals surface area contributed by atoms with E-state index >= 15 is 0 Å². The normalized spacial score (nSPS) is 10.5.